The van der Waals surface area contributed by atoms with Gasteiger partial charge in [0.05, 0.1) is 5.69 Å². The molecule has 5 rings (SSSR count). The van der Waals surface area contributed by atoms with Crippen LogP contribution in [0.25, 0.3) is 0 Å². The van der Waals surface area contributed by atoms with E-state index in [0.29, 0.717) is 12.2 Å². The van der Waals surface area contributed by atoms with Gasteiger partial charge >= 0.3 is 6.03 Å². The van der Waals surface area contributed by atoms with Gasteiger partial charge in [0.2, 0.25) is 0 Å². The van der Waals surface area contributed by atoms with Crippen molar-refractivity contribution in [1.29, 1.82) is 0 Å². The summed E-state index contributed by atoms with van der Waals surface area (Å²) in [7, 11) is 0. The zero-order valence-electron chi connectivity index (χ0n) is 17.2. The predicted octanol–water partition coefficient (Wildman–Crippen LogP) is 2.85. The Morgan fingerprint density at radius 1 is 0.966 bits per heavy atom. The van der Waals surface area contributed by atoms with Gasteiger partial charge in [-0.3, -0.25) is 4.79 Å². The molecule has 4 aliphatic rings. The van der Waals surface area contributed by atoms with E-state index >= 15 is 0 Å². The number of likely N-dealkylation sites (tertiary alicyclic amines) is 1. The summed E-state index contributed by atoms with van der Waals surface area (Å²) in [6, 6.07) is 7.26. The second-order valence-corrected chi connectivity index (χ2v) is 9.38. The molecule has 6 nitrogen and oxygen atoms in total. The van der Waals surface area contributed by atoms with Gasteiger partial charge in [-0.25, -0.2) is 9.69 Å². The number of carbonyl (C=O) groups excluding carboxylic acids is 2. The summed E-state index contributed by atoms with van der Waals surface area (Å²) in [5, 5.41) is 0. The minimum Gasteiger partial charge on any atom is -0.325 e. The van der Waals surface area contributed by atoms with Gasteiger partial charge < -0.3 is 15.5 Å². The normalized spacial score (nSPS) is 29.3. The first-order valence-electron chi connectivity index (χ1n) is 11.3. The van der Waals surface area contributed by atoms with Crippen molar-refractivity contribution in [2.24, 2.45) is 5.73 Å². The van der Waals surface area contributed by atoms with Crippen molar-refractivity contribution in [1.82, 2.24) is 9.80 Å². The Labute approximate surface area is 173 Å². The zero-order chi connectivity index (χ0) is 20.0. The number of hydrogen-bond acceptors (Lipinski definition) is 4. The molecule has 3 amide bonds. The molecule has 1 aromatic rings. The third kappa shape index (κ3) is 3.17. The van der Waals surface area contributed by atoms with Gasteiger partial charge in [0, 0.05) is 12.6 Å². The summed E-state index contributed by atoms with van der Waals surface area (Å²) in [5.74, 6) is -0.164. The lowest BCUT2D eigenvalue weighted by atomic mass is 9.62. The van der Waals surface area contributed by atoms with E-state index in [4.69, 9.17) is 5.73 Å². The smallest absolute Gasteiger partial charge is 0.325 e. The van der Waals surface area contributed by atoms with Crippen molar-refractivity contribution in [3.8, 4) is 0 Å². The fraction of sp³-hybridized carbons (Fsp3) is 0.652. The summed E-state index contributed by atoms with van der Waals surface area (Å²) in [6.45, 7) is 4.29. The van der Waals surface area contributed by atoms with Crippen molar-refractivity contribution in [2.75, 3.05) is 31.1 Å². The van der Waals surface area contributed by atoms with Gasteiger partial charge in [-0.1, -0.05) is 18.6 Å². The van der Waals surface area contributed by atoms with Crippen LogP contribution in [0.1, 0.15) is 56.9 Å². The average Bonchev–Trinajstić information content (AvgIpc) is 3.29. The van der Waals surface area contributed by atoms with Gasteiger partial charge in [-0.2, -0.15) is 0 Å². The summed E-state index contributed by atoms with van der Waals surface area (Å²) in [5.41, 5.74) is 8.48. The predicted molar refractivity (Wildman–Crippen MR) is 113 cm³/mol. The lowest BCUT2D eigenvalue weighted by Gasteiger charge is -2.43. The van der Waals surface area contributed by atoms with E-state index in [0.717, 1.165) is 12.8 Å². The molecule has 1 aliphatic carbocycles. The van der Waals surface area contributed by atoms with Gasteiger partial charge in [0.1, 0.15) is 6.04 Å². The van der Waals surface area contributed by atoms with Crippen LogP contribution in [0.2, 0.25) is 0 Å². The third-order valence-electron chi connectivity index (χ3n) is 7.74. The minimum absolute atomic E-state index is 0.164. The van der Waals surface area contributed by atoms with Crippen LogP contribution >= 0.6 is 0 Å². The lowest BCUT2D eigenvalue weighted by molar-refractivity contribution is -0.120. The molecule has 0 aromatic heterocycles. The van der Waals surface area contributed by atoms with Crippen LogP contribution in [0.3, 0.4) is 0 Å². The standard InChI is InChI=1S/C23H32N4O2/c24-19-5-3-15-26-20(19)21(28)27(22(26)29)18-8-6-17(7-9-18)23(10-4-11-23)12-16-25-13-1-2-14-25/h6-9,19-20H,1-5,10-16,24H2/t19-,20+/m1/s1. The Hall–Kier alpha value is -1.92. The Balaban J connectivity index is 1.33. The van der Waals surface area contributed by atoms with E-state index in [-0.39, 0.29) is 23.4 Å². The molecule has 1 saturated carbocycles. The van der Waals surface area contributed by atoms with Gasteiger partial charge in [0.15, 0.2) is 0 Å². The highest BCUT2D eigenvalue weighted by atomic mass is 16.2. The van der Waals surface area contributed by atoms with E-state index in [2.05, 4.69) is 17.0 Å². The summed E-state index contributed by atoms with van der Waals surface area (Å²) >= 11 is 0. The molecule has 0 spiro atoms. The topological polar surface area (TPSA) is 69.9 Å². The molecular weight excluding hydrogens is 364 g/mol. The first-order valence-corrected chi connectivity index (χ1v) is 11.3. The summed E-state index contributed by atoms with van der Waals surface area (Å²) < 4.78 is 0. The molecule has 3 aliphatic heterocycles. The molecule has 3 saturated heterocycles. The van der Waals surface area contributed by atoms with Crippen LogP contribution in [0, 0.1) is 0 Å². The number of nitrogens with zero attached hydrogens (tertiary/aromatic N) is 3. The average molecular weight is 397 g/mol. The highest BCUT2D eigenvalue weighted by Crippen LogP contribution is 2.47. The number of fused-ring (bicyclic) bond motifs is 1. The van der Waals surface area contributed by atoms with Crippen LogP contribution < -0.4 is 10.6 Å². The van der Waals surface area contributed by atoms with Crippen LogP contribution in [0.15, 0.2) is 24.3 Å². The first kappa shape index (κ1) is 19.1. The number of anilines is 1. The molecule has 29 heavy (non-hydrogen) atoms. The van der Waals surface area contributed by atoms with Crippen LogP contribution in [0.4, 0.5) is 10.5 Å². The van der Waals surface area contributed by atoms with E-state index in [9.17, 15) is 9.59 Å². The molecule has 2 N–H and O–H groups in total. The SMILES string of the molecule is N[C@@H]1CCCN2C(=O)N(c3ccc(C4(CCN5CCCC5)CCC4)cc3)C(=O)[C@H]12. The quantitative estimate of drug-likeness (QED) is 0.777. The number of imide groups is 1. The van der Waals surface area contributed by atoms with Gasteiger partial charge in [-0.05, 0) is 87.7 Å². The third-order valence-corrected chi connectivity index (χ3v) is 7.74. The fourth-order valence-corrected chi connectivity index (χ4v) is 5.78. The molecule has 6 heteroatoms. The van der Waals surface area contributed by atoms with Crippen LogP contribution in [0.5, 0.6) is 0 Å². The number of rotatable bonds is 5. The number of hydrogen-bond donors (Lipinski definition) is 1. The Morgan fingerprint density at radius 2 is 1.69 bits per heavy atom. The van der Waals surface area contributed by atoms with Crippen molar-refractivity contribution in [3.05, 3.63) is 29.8 Å². The highest BCUT2D eigenvalue weighted by molar-refractivity contribution is 6.21. The summed E-state index contributed by atoms with van der Waals surface area (Å²) in [4.78, 5) is 31.4. The number of nitrogens with two attached hydrogens (primary N) is 1. The van der Waals surface area contributed by atoms with Crippen LogP contribution in [-0.4, -0.2) is 60.0 Å². The second-order valence-electron chi connectivity index (χ2n) is 9.38. The van der Waals surface area contributed by atoms with Gasteiger partial charge in [-0.15, -0.1) is 0 Å². The minimum atomic E-state index is -0.491. The number of urea groups is 1. The number of piperidine rings is 1. The van der Waals surface area contributed by atoms with Crippen molar-refractivity contribution >= 4 is 17.6 Å². The maximum atomic E-state index is 12.9. The number of amides is 3. The largest absolute Gasteiger partial charge is 0.332 e. The summed E-state index contributed by atoms with van der Waals surface area (Å²) in [6.07, 6.45) is 9.31. The zero-order valence-corrected chi connectivity index (χ0v) is 17.2. The van der Waals surface area contributed by atoms with E-state index in [1.54, 1.807) is 4.90 Å². The molecule has 156 valence electrons. The lowest BCUT2D eigenvalue weighted by Crippen LogP contribution is -2.52. The number of carbonyl (C=O) groups is 2. The molecule has 3 heterocycles. The monoisotopic (exact) mass is 396 g/mol. The fourth-order valence-electron chi connectivity index (χ4n) is 5.78. The molecule has 0 radical (unpaired) electrons. The van der Waals surface area contributed by atoms with Gasteiger partial charge in [0.25, 0.3) is 5.91 Å². The maximum Gasteiger partial charge on any atom is 0.332 e. The van der Waals surface area contributed by atoms with Crippen molar-refractivity contribution < 1.29 is 9.59 Å². The Morgan fingerprint density at radius 3 is 2.31 bits per heavy atom. The first-order chi connectivity index (χ1) is 14.1. The number of benzene rings is 1. The molecule has 2 atom stereocenters. The molecule has 0 bridgehead atoms. The van der Waals surface area contributed by atoms with E-state index < -0.39 is 6.04 Å². The molecular formula is C23H32N4O2. The maximum absolute atomic E-state index is 12.9. The molecule has 0 unspecified atom stereocenters. The highest BCUT2D eigenvalue weighted by Gasteiger charge is 2.50. The Bertz CT molecular complexity index is 783. The Kier molecular flexibility index (Phi) is 4.87. The van der Waals surface area contributed by atoms with E-state index in [1.807, 2.05) is 12.1 Å². The van der Waals surface area contributed by atoms with E-state index in [1.165, 1.54) is 68.6 Å². The molecule has 4 fully saturated rings. The molecule has 1 aromatic carbocycles. The second kappa shape index (κ2) is 7.40. The van der Waals surface area contributed by atoms with Crippen LogP contribution in [-0.2, 0) is 10.2 Å². The van der Waals surface area contributed by atoms with Crippen molar-refractivity contribution in [3.63, 3.8) is 0 Å². The van der Waals surface area contributed by atoms with Crippen molar-refractivity contribution in [2.45, 2.75) is 68.9 Å².